The molecular formula is C26H24ClN3O5. The minimum absolute atomic E-state index is 0.119. The standard InChI is InChI=1S/C26H24ClN3O5/c1-12-8-15(28-14-6-7-16-17(9-14)30-25(29-16)13-4-5-13)10-20(31)26(12)24(32)21-18(33-2)11-19(34-3)22(27)23(21)35-26/h6-7,9-13,28H,4-5,8H2,1-3H3,(H,29,30)/t12-,26+/m1/s1. The van der Waals surface area contributed by atoms with E-state index in [1.807, 2.05) is 25.1 Å². The van der Waals surface area contributed by atoms with Crippen LogP contribution in [0.2, 0.25) is 5.02 Å². The fraction of sp³-hybridized carbons (Fsp3) is 0.346. The zero-order chi connectivity index (χ0) is 24.5. The molecule has 0 radical (unpaired) electrons. The number of fused-ring (bicyclic) bond motifs is 2. The molecule has 0 bridgehead atoms. The van der Waals surface area contributed by atoms with Gasteiger partial charge in [-0.2, -0.15) is 0 Å². The Morgan fingerprint density at radius 3 is 2.63 bits per heavy atom. The van der Waals surface area contributed by atoms with Gasteiger partial charge in [0, 0.05) is 35.4 Å². The number of imidazole rings is 1. The molecule has 2 heterocycles. The predicted octanol–water partition coefficient (Wildman–Crippen LogP) is 5.03. The van der Waals surface area contributed by atoms with Crippen molar-refractivity contribution in [1.29, 1.82) is 0 Å². The summed E-state index contributed by atoms with van der Waals surface area (Å²) in [6.45, 7) is 1.83. The smallest absolute Gasteiger partial charge is 0.236 e. The highest BCUT2D eigenvalue weighted by Gasteiger charge is 2.60. The monoisotopic (exact) mass is 493 g/mol. The van der Waals surface area contributed by atoms with Crippen molar-refractivity contribution in [1.82, 2.24) is 9.97 Å². The molecule has 0 unspecified atom stereocenters. The Balaban J connectivity index is 1.31. The molecule has 1 fully saturated rings. The van der Waals surface area contributed by atoms with Gasteiger partial charge < -0.3 is 24.5 Å². The van der Waals surface area contributed by atoms with Crippen LogP contribution < -0.4 is 19.5 Å². The van der Waals surface area contributed by atoms with Crippen LogP contribution in [-0.2, 0) is 4.79 Å². The van der Waals surface area contributed by atoms with Crippen LogP contribution in [0.3, 0.4) is 0 Å². The molecule has 1 saturated carbocycles. The van der Waals surface area contributed by atoms with Crippen molar-refractivity contribution in [2.75, 3.05) is 19.5 Å². The van der Waals surface area contributed by atoms with Crippen LogP contribution >= 0.6 is 11.6 Å². The van der Waals surface area contributed by atoms with Crippen LogP contribution in [-0.4, -0.2) is 41.4 Å². The summed E-state index contributed by atoms with van der Waals surface area (Å²) in [6.07, 6.45) is 4.23. The van der Waals surface area contributed by atoms with Crippen LogP contribution in [0.5, 0.6) is 17.2 Å². The zero-order valence-corrected chi connectivity index (χ0v) is 20.3. The van der Waals surface area contributed by atoms with E-state index in [1.165, 1.54) is 39.2 Å². The molecule has 1 aliphatic heterocycles. The average Bonchev–Trinajstić information content (AvgIpc) is 3.53. The number of halogens is 1. The second kappa shape index (κ2) is 7.75. The highest BCUT2D eigenvalue weighted by Crippen LogP contribution is 2.53. The lowest BCUT2D eigenvalue weighted by molar-refractivity contribution is -0.129. The number of aromatic nitrogens is 2. The Morgan fingerprint density at radius 1 is 1.17 bits per heavy atom. The summed E-state index contributed by atoms with van der Waals surface area (Å²) < 4.78 is 16.8. The first-order chi connectivity index (χ1) is 16.8. The number of hydrogen-bond acceptors (Lipinski definition) is 7. The summed E-state index contributed by atoms with van der Waals surface area (Å²) in [6, 6.07) is 7.41. The number of nitrogens with zero attached hydrogens (tertiary/aromatic N) is 1. The van der Waals surface area contributed by atoms with Gasteiger partial charge in [-0.1, -0.05) is 18.5 Å². The highest BCUT2D eigenvalue weighted by atomic mass is 35.5. The van der Waals surface area contributed by atoms with Crippen LogP contribution in [0.1, 0.15) is 48.3 Å². The Labute approximate surface area is 206 Å². The third-order valence-electron chi connectivity index (χ3n) is 7.08. The fourth-order valence-electron chi connectivity index (χ4n) is 5.06. The number of allylic oxidation sites excluding steroid dienone is 1. The number of ketones is 2. The van der Waals surface area contributed by atoms with Crippen LogP contribution in [0.15, 0.2) is 36.0 Å². The number of aromatic amines is 1. The van der Waals surface area contributed by atoms with Gasteiger partial charge in [0.15, 0.2) is 5.75 Å². The number of rotatable bonds is 5. The topological polar surface area (TPSA) is 103 Å². The van der Waals surface area contributed by atoms with Crippen molar-refractivity contribution in [2.24, 2.45) is 5.92 Å². The summed E-state index contributed by atoms with van der Waals surface area (Å²) in [5, 5.41) is 3.48. The van der Waals surface area contributed by atoms with Gasteiger partial charge in [-0.25, -0.2) is 4.98 Å². The molecule has 8 nitrogen and oxygen atoms in total. The quantitative estimate of drug-likeness (QED) is 0.480. The van der Waals surface area contributed by atoms with Crippen LogP contribution in [0, 0.1) is 5.92 Å². The molecule has 2 atom stereocenters. The third kappa shape index (κ3) is 3.23. The first-order valence-electron chi connectivity index (χ1n) is 11.6. The fourth-order valence-corrected chi connectivity index (χ4v) is 5.32. The summed E-state index contributed by atoms with van der Waals surface area (Å²) in [5.74, 6) is 0.912. The average molecular weight is 494 g/mol. The van der Waals surface area contributed by atoms with Gasteiger partial charge in [-0.05, 0) is 37.5 Å². The molecule has 9 heteroatoms. The molecule has 0 amide bonds. The number of hydrogen-bond donors (Lipinski definition) is 2. The first kappa shape index (κ1) is 22.0. The number of ether oxygens (including phenoxy) is 3. The number of benzene rings is 2. The van der Waals surface area contributed by atoms with Crippen LogP contribution in [0.4, 0.5) is 5.69 Å². The molecule has 2 aromatic carbocycles. The lowest BCUT2D eigenvalue weighted by Gasteiger charge is -2.35. The second-order valence-electron chi connectivity index (χ2n) is 9.36. The van der Waals surface area contributed by atoms with E-state index >= 15 is 0 Å². The van der Waals surface area contributed by atoms with Gasteiger partial charge in [0.2, 0.25) is 17.2 Å². The lowest BCUT2D eigenvalue weighted by Crippen LogP contribution is -2.55. The summed E-state index contributed by atoms with van der Waals surface area (Å²) >= 11 is 6.45. The molecule has 180 valence electrons. The molecule has 1 spiro atoms. The summed E-state index contributed by atoms with van der Waals surface area (Å²) in [5.41, 5.74) is 1.88. The van der Waals surface area contributed by atoms with Crippen molar-refractivity contribution in [3.05, 3.63) is 52.4 Å². The minimum atomic E-state index is -1.69. The van der Waals surface area contributed by atoms with E-state index in [4.69, 9.17) is 25.8 Å². The number of anilines is 1. The number of nitrogens with one attached hydrogen (secondary N) is 2. The molecule has 6 rings (SSSR count). The van der Waals surface area contributed by atoms with E-state index < -0.39 is 23.1 Å². The molecular weight excluding hydrogens is 470 g/mol. The Morgan fingerprint density at radius 2 is 1.94 bits per heavy atom. The number of carbonyl (C=O) groups excluding carboxylic acids is 2. The van der Waals surface area contributed by atoms with Crippen molar-refractivity contribution in [3.63, 3.8) is 0 Å². The van der Waals surface area contributed by atoms with Crippen LogP contribution in [0.25, 0.3) is 11.0 Å². The highest BCUT2D eigenvalue weighted by molar-refractivity contribution is 6.36. The molecule has 3 aliphatic rings. The van der Waals surface area contributed by atoms with Crippen molar-refractivity contribution >= 4 is 39.9 Å². The second-order valence-corrected chi connectivity index (χ2v) is 9.74. The molecule has 35 heavy (non-hydrogen) atoms. The van der Waals surface area contributed by atoms with Gasteiger partial charge in [0.1, 0.15) is 27.9 Å². The van der Waals surface area contributed by atoms with E-state index in [-0.39, 0.29) is 22.1 Å². The normalized spacial score (nSPS) is 23.3. The molecule has 2 N–H and O–H groups in total. The van der Waals surface area contributed by atoms with Gasteiger partial charge in [-0.3, -0.25) is 9.59 Å². The van der Waals surface area contributed by atoms with E-state index in [0.29, 0.717) is 23.8 Å². The number of Topliss-reactive ketones (excluding diaryl/α,β-unsaturated/α-hetero) is 1. The SMILES string of the molecule is COc1cc(OC)c2c(c1Cl)O[C@@]1(C(=O)C=C(Nc3ccc4nc(C5CC5)[nH]c4c3)C[C@H]1C)C2=O. The predicted molar refractivity (Wildman–Crippen MR) is 131 cm³/mol. The van der Waals surface area contributed by atoms with Crippen molar-refractivity contribution < 1.29 is 23.8 Å². The molecule has 3 aromatic rings. The maximum Gasteiger partial charge on any atom is 0.236 e. The maximum atomic E-state index is 13.6. The molecule has 0 saturated heterocycles. The van der Waals surface area contributed by atoms with E-state index in [1.54, 1.807) is 0 Å². The van der Waals surface area contributed by atoms with E-state index in [9.17, 15) is 9.59 Å². The lowest BCUT2D eigenvalue weighted by atomic mass is 9.74. The zero-order valence-electron chi connectivity index (χ0n) is 19.5. The van der Waals surface area contributed by atoms with E-state index in [2.05, 4.69) is 15.3 Å². The summed E-state index contributed by atoms with van der Waals surface area (Å²) in [4.78, 5) is 35.1. The van der Waals surface area contributed by atoms with Gasteiger partial charge in [0.25, 0.3) is 0 Å². The van der Waals surface area contributed by atoms with Gasteiger partial charge in [-0.15, -0.1) is 0 Å². The third-order valence-corrected chi connectivity index (χ3v) is 7.44. The van der Waals surface area contributed by atoms with Crippen molar-refractivity contribution in [2.45, 2.75) is 37.7 Å². The number of carbonyl (C=O) groups is 2. The Bertz CT molecular complexity index is 1440. The largest absolute Gasteiger partial charge is 0.496 e. The first-order valence-corrected chi connectivity index (χ1v) is 11.9. The number of methoxy groups -OCH3 is 2. The molecule has 2 aliphatic carbocycles. The number of H-pyrrole nitrogens is 1. The van der Waals surface area contributed by atoms with Gasteiger partial charge >= 0.3 is 0 Å². The van der Waals surface area contributed by atoms with Gasteiger partial charge in [0.05, 0.1) is 25.3 Å². The van der Waals surface area contributed by atoms with Crippen molar-refractivity contribution in [3.8, 4) is 17.2 Å². The Hall–Kier alpha value is -3.52. The Kier molecular flexibility index (Phi) is 4.86. The summed E-state index contributed by atoms with van der Waals surface area (Å²) in [7, 11) is 2.90. The molecule has 1 aromatic heterocycles. The maximum absolute atomic E-state index is 13.6. The van der Waals surface area contributed by atoms with E-state index in [0.717, 1.165) is 22.5 Å². The minimum Gasteiger partial charge on any atom is -0.496 e.